The quantitative estimate of drug-likeness (QED) is 0.885. The Morgan fingerprint density at radius 2 is 1.80 bits per heavy atom. The maximum Gasteiger partial charge on any atom is 0.335 e. The van der Waals surface area contributed by atoms with Gasteiger partial charge in [0.1, 0.15) is 5.75 Å². The molecular formula is C18H19NO5S. The molecule has 0 aromatic heterocycles. The predicted octanol–water partition coefficient (Wildman–Crippen LogP) is 2.84. The minimum absolute atomic E-state index is 0.00659. The van der Waals surface area contributed by atoms with E-state index in [1.807, 2.05) is 0 Å². The number of carboxylic acids is 1. The van der Waals surface area contributed by atoms with E-state index in [1.54, 1.807) is 24.3 Å². The van der Waals surface area contributed by atoms with E-state index in [0.717, 1.165) is 12.8 Å². The van der Waals surface area contributed by atoms with Gasteiger partial charge in [0.15, 0.2) is 0 Å². The molecule has 6 nitrogen and oxygen atoms in total. The van der Waals surface area contributed by atoms with Gasteiger partial charge in [-0.05, 0) is 54.3 Å². The molecule has 132 valence electrons. The van der Waals surface area contributed by atoms with Crippen LogP contribution < -0.4 is 4.74 Å². The molecule has 1 fully saturated rings. The highest BCUT2D eigenvalue weighted by atomic mass is 32.2. The van der Waals surface area contributed by atoms with E-state index in [-0.39, 0.29) is 10.5 Å². The molecule has 0 amide bonds. The number of rotatable bonds is 5. The molecule has 1 saturated heterocycles. The number of carboxylic acid groups (broad SMARTS) is 1. The highest BCUT2D eigenvalue weighted by Gasteiger charge is 2.28. The number of carbonyl (C=O) groups is 1. The summed E-state index contributed by atoms with van der Waals surface area (Å²) in [7, 11) is -2.16. The third-order valence-corrected chi connectivity index (χ3v) is 6.14. The van der Waals surface area contributed by atoms with Gasteiger partial charge < -0.3 is 9.84 Å². The number of nitrogens with zero attached hydrogens (tertiary/aromatic N) is 1. The number of hydrogen-bond acceptors (Lipinski definition) is 4. The normalized spacial score (nSPS) is 15.2. The lowest BCUT2D eigenvalue weighted by Crippen LogP contribution is -2.28. The molecule has 0 bridgehead atoms. The van der Waals surface area contributed by atoms with E-state index < -0.39 is 16.0 Å². The molecule has 1 N–H and O–H groups in total. The molecule has 0 aliphatic carbocycles. The third-order valence-electron chi connectivity index (χ3n) is 4.26. The summed E-state index contributed by atoms with van der Waals surface area (Å²) in [6.45, 7) is 0.933. The van der Waals surface area contributed by atoms with Crippen LogP contribution in [0.5, 0.6) is 5.75 Å². The van der Waals surface area contributed by atoms with Crippen molar-refractivity contribution in [3.05, 3.63) is 48.0 Å². The fourth-order valence-electron chi connectivity index (χ4n) is 2.92. The standard InChI is InChI=1S/C18H19NO5S/c1-24-16-6-4-5-13(10-16)14-9-15(18(20)21)12-17(11-14)25(22,23)19-7-2-3-8-19/h4-6,9-12H,2-3,7-8H2,1H3,(H,20,21). The molecule has 25 heavy (non-hydrogen) atoms. The third kappa shape index (κ3) is 3.52. The number of benzene rings is 2. The fraction of sp³-hybridized carbons (Fsp3) is 0.278. The van der Waals surface area contributed by atoms with Crippen LogP contribution in [0, 0.1) is 0 Å². The second-order valence-electron chi connectivity index (χ2n) is 5.89. The van der Waals surface area contributed by atoms with Gasteiger partial charge in [-0.2, -0.15) is 4.31 Å². The van der Waals surface area contributed by atoms with E-state index >= 15 is 0 Å². The Kier molecular flexibility index (Phi) is 4.78. The Hall–Kier alpha value is -2.38. The topological polar surface area (TPSA) is 83.9 Å². The van der Waals surface area contributed by atoms with Crippen molar-refractivity contribution in [1.82, 2.24) is 4.31 Å². The van der Waals surface area contributed by atoms with Crippen LogP contribution >= 0.6 is 0 Å². The summed E-state index contributed by atoms with van der Waals surface area (Å²) in [5.74, 6) is -0.551. The zero-order valence-corrected chi connectivity index (χ0v) is 14.6. The minimum atomic E-state index is -3.70. The van der Waals surface area contributed by atoms with Gasteiger partial charge in [0.25, 0.3) is 0 Å². The average molecular weight is 361 g/mol. The van der Waals surface area contributed by atoms with Crippen molar-refractivity contribution in [1.29, 1.82) is 0 Å². The van der Waals surface area contributed by atoms with Crippen molar-refractivity contribution in [3.8, 4) is 16.9 Å². The van der Waals surface area contributed by atoms with E-state index in [2.05, 4.69) is 0 Å². The SMILES string of the molecule is COc1cccc(-c2cc(C(=O)O)cc(S(=O)(=O)N3CCCC3)c2)c1. The van der Waals surface area contributed by atoms with Gasteiger partial charge in [-0.1, -0.05) is 12.1 Å². The maximum absolute atomic E-state index is 12.8. The number of aromatic carboxylic acids is 1. The van der Waals surface area contributed by atoms with E-state index in [0.29, 0.717) is 30.0 Å². The molecule has 1 aliphatic rings. The molecular weight excluding hydrogens is 342 g/mol. The first-order valence-corrected chi connectivity index (χ1v) is 9.39. The molecule has 0 radical (unpaired) electrons. The van der Waals surface area contributed by atoms with Gasteiger partial charge >= 0.3 is 5.97 Å². The monoisotopic (exact) mass is 361 g/mol. The Morgan fingerprint density at radius 3 is 2.44 bits per heavy atom. The summed E-state index contributed by atoms with van der Waals surface area (Å²) < 4.78 is 32.2. The Bertz CT molecular complexity index is 901. The summed E-state index contributed by atoms with van der Waals surface area (Å²) in [5, 5.41) is 9.38. The van der Waals surface area contributed by atoms with Crippen molar-refractivity contribution >= 4 is 16.0 Å². The minimum Gasteiger partial charge on any atom is -0.497 e. The number of ether oxygens (including phenoxy) is 1. The van der Waals surface area contributed by atoms with E-state index in [1.165, 1.54) is 29.6 Å². The summed E-state index contributed by atoms with van der Waals surface area (Å²) in [6.07, 6.45) is 1.64. The summed E-state index contributed by atoms with van der Waals surface area (Å²) >= 11 is 0. The van der Waals surface area contributed by atoms with Crippen molar-refractivity contribution < 1.29 is 23.1 Å². The highest BCUT2D eigenvalue weighted by molar-refractivity contribution is 7.89. The first-order valence-electron chi connectivity index (χ1n) is 7.95. The second-order valence-corrected chi connectivity index (χ2v) is 7.83. The van der Waals surface area contributed by atoms with Crippen LogP contribution in [0.1, 0.15) is 23.2 Å². The average Bonchev–Trinajstić information content (AvgIpc) is 3.17. The van der Waals surface area contributed by atoms with Crippen molar-refractivity contribution in [2.24, 2.45) is 0 Å². The van der Waals surface area contributed by atoms with Gasteiger partial charge in [0.05, 0.1) is 17.6 Å². The second kappa shape index (κ2) is 6.85. The van der Waals surface area contributed by atoms with Gasteiger partial charge in [-0.3, -0.25) is 0 Å². The van der Waals surface area contributed by atoms with Crippen molar-refractivity contribution in [2.75, 3.05) is 20.2 Å². The smallest absolute Gasteiger partial charge is 0.335 e. The van der Waals surface area contributed by atoms with Crippen LogP contribution in [0.2, 0.25) is 0 Å². The summed E-state index contributed by atoms with van der Waals surface area (Å²) in [4.78, 5) is 11.5. The van der Waals surface area contributed by atoms with Gasteiger partial charge in [0.2, 0.25) is 10.0 Å². The van der Waals surface area contributed by atoms with Crippen LogP contribution in [0.4, 0.5) is 0 Å². The van der Waals surface area contributed by atoms with Gasteiger partial charge in [-0.25, -0.2) is 13.2 Å². The van der Waals surface area contributed by atoms with Crippen LogP contribution in [0.25, 0.3) is 11.1 Å². The molecule has 0 saturated carbocycles. The fourth-order valence-corrected chi connectivity index (χ4v) is 4.51. The molecule has 2 aromatic carbocycles. The molecule has 1 heterocycles. The number of methoxy groups -OCH3 is 1. The molecule has 0 unspecified atom stereocenters. The molecule has 0 spiro atoms. The van der Waals surface area contributed by atoms with Crippen LogP contribution in [0.15, 0.2) is 47.4 Å². The lowest BCUT2D eigenvalue weighted by atomic mass is 10.0. The zero-order valence-electron chi connectivity index (χ0n) is 13.8. The van der Waals surface area contributed by atoms with Gasteiger partial charge in [0, 0.05) is 13.1 Å². The molecule has 3 rings (SSSR count). The summed E-state index contributed by atoms with van der Waals surface area (Å²) in [6, 6.07) is 11.3. The lowest BCUT2D eigenvalue weighted by Gasteiger charge is -2.17. The largest absolute Gasteiger partial charge is 0.497 e. The van der Waals surface area contributed by atoms with Crippen LogP contribution in [-0.2, 0) is 10.0 Å². The Balaban J connectivity index is 2.13. The Labute approximate surface area is 146 Å². The zero-order chi connectivity index (χ0) is 18.0. The first-order chi connectivity index (χ1) is 11.9. The lowest BCUT2D eigenvalue weighted by molar-refractivity contribution is 0.0696. The van der Waals surface area contributed by atoms with E-state index in [9.17, 15) is 18.3 Å². The summed E-state index contributed by atoms with van der Waals surface area (Å²) in [5.41, 5.74) is 1.16. The molecule has 0 atom stereocenters. The molecule has 2 aromatic rings. The molecule has 7 heteroatoms. The van der Waals surface area contributed by atoms with Gasteiger partial charge in [-0.15, -0.1) is 0 Å². The van der Waals surface area contributed by atoms with Crippen molar-refractivity contribution in [2.45, 2.75) is 17.7 Å². The first kappa shape index (κ1) is 17.4. The number of sulfonamides is 1. The molecule has 1 aliphatic heterocycles. The number of hydrogen-bond donors (Lipinski definition) is 1. The van der Waals surface area contributed by atoms with Crippen molar-refractivity contribution in [3.63, 3.8) is 0 Å². The van der Waals surface area contributed by atoms with E-state index in [4.69, 9.17) is 4.74 Å². The maximum atomic E-state index is 12.8. The Morgan fingerprint density at radius 1 is 1.08 bits per heavy atom. The van der Waals surface area contributed by atoms with Crippen LogP contribution in [0.3, 0.4) is 0 Å². The highest BCUT2D eigenvalue weighted by Crippen LogP contribution is 2.29. The van der Waals surface area contributed by atoms with Crippen LogP contribution in [-0.4, -0.2) is 44.0 Å². The predicted molar refractivity (Wildman–Crippen MR) is 93.4 cm³/mol.